The summed E-state index contributed by atoms with van der Waals surface area (Å²) in [6.45, 7) is -0.459. The van der Waals surface area contributed by atoms with Gasteiger partial charge in [0.05, 0.1) is 18.7 Å². The zero-order valence-electron chi connectivity index (χ0n) is 22.6. The molecule has 1 aliphatic rings. The molecule has 4 rings (SSSR count). The van der Waals surface area contributed by atoms with Crippen molar-refractivity contribution < 1.29 is 49.1 Å². The molecule has 1 aliphatic heterocycles. The molecule has 43 heavy (non-hydrogen) atoms. The zero-order valence-corrected chi connectivity index (χ0v) is 23.4. The van der Waals surface area contributed by atoms with Crippen molar-refractivity contribution in [1.82, 2.24) is 9.88 Å². The topological polar surface area (TPSA) is 222 Å². The summed E-state index contributed by atoms with van der Waals surface area (Å²) in [5.74, 6) is -2.33. The Hall–Kier alpha value is -4.41. The van der Waals surface area contributed by atoms with Crippen molar-refractivity contribution in [2.24, 2.45) is 0 Å². The number of nitrogen functional groups attached to an aromatic ring is 1. The van der Waals surface area contributed by atoms with E-state index >= 15 is 0 Å². The number of aliphatic carboxylic acids is 1. The van der Waals surface area contributed by atoms with Gasteiger partial charge >= 0.3 is 12.1 Å². The highest BCUT2D eigenvalue weighted by Crippen LogP contribution is 2.23. The van der Waals surface area contributed by atoms with Gasteiger partial charge in [0, 0.05) is 23.2 Å². The highest BCUT2D eigenvalue weighted by Gasteiger charge is 2.49. The molecule has 2 heterocycles. The number of thiazole rings is 1. The van der Waals surface area contributed by atoms with E-state index in [1.54, 1.807) is 60.0 Å². The van der Waals surface area contributed by atoms with Crippen molar-refractivity contribution in [3.05, 3.63) is 76.8 Å². The number of nitrogens with one attached hydrogen (secondary N) is 1. The van der Waals surface area contributed by atoms with E-state index in [9.17, 15) is 39.6 Å². The predicted octanol–water partition coefficient (Wildman–Crippen LogP) is 0.663. The predicted molar refractivity (Wildman–Crippen MR) is 152 cm³/mol. The lowest BCUT2D eigenvalue weighted by molar-refractivity contribution is -0.279. The lowest BCUT2D eigenvalue weighted by Crippen LogP contribution is -2.61. The van der Waals surface area contributed by atoms with Gasteiger partial charge < -0.3 is 45.9 Å². The normalized spacial score (nSPS) is 21.5. The van der Waals surface area contributed by atoms with Crippen LogP contribution >= 0.6 is 11.3 Å². The van der Waals surface area contributed by atoms with Gasteiger partial charge in [-0.3, -0.25) is 9.59 Å². The van der Waals surface area contributed by atoms with Crippen molar-refractivity contribution in [2.75, 3.05) is 24.1 Å². The molecule has 228 valence electrons. The van der Waals surface area contributed by atoms with E-state index in [0.29, 0.717) is 22.1 Å². The first-order valence-electron chi connectivity index (χ1n) is 13.1. The summed E-state index contributed by atoms with van der Waals surface area (Å²) in [5.41, 5.74) is 7.76. The number of ether oxygens (including phenoxy) is 2. The standard InChI is InChI=1S/C28H30N4O10S/c29-27-31-18(14-43-27)12-20(34)30-17-8-6-15(7-9-17)10-11-32(13-19(33)16-4-2-1-3-5-16)28(40)42-26-23(37)21(35)22(36)24(41-26)25(38)39/h1-9,14,21-24,26,35-37H,10-13H2,(H2,29,31)(H,30,34)(H,38,39)/t21-,22-,23+,24-,26-/m0/s1. The molecular formula is C28H30N4O10S. The minimum atomic E-state index is -1.97. The van der Waals surface area contributed by atoms with Gasteiger partial charge in [0.15, 0.2) is 17.0 Å². The molecule has 0 unspecified atom stereocenters. The second-order valence-electron chi connectivity index (χ2n) is 9.68. The van der Waals surface area contributed by atoms with E-state index in [0.717, 1.165) is 10.5 Å². The summed E-state index contributed by atoms with van der Waals surface area (Å²) < 4.78 is 10.2. The molecule has 0 bridgehead atoms. The molecular weight excluding hydrogens is 584 g/mol. The van der Waals surface area contributed by atoms with Crippen molar-refractivity contribution in [3.8, 4) is 0 Å². The number of carbonyl (C=O) groups excluding carboxylic acids is 3. The van der Waals surface area contributed by atoms with Gasteiger partial charge in [-0.1, -0.05) is 42.5 Å². The minimum absolute atomic E-state index is 0.0370. The number of hydrogen-bond donors (Lipinski definition) is 6. The van der Waals surface area contributed by atoms with Gasteiger partial charge in [0.1, 0.15) is 18.3 Å². The maximum absolute atomic E-state index is 13.1. The Bertz CT molecular complexity index is 1430. The fraction of sp³-hybridized carbons (Fsp3) is 0.321. The van der Waals surface area contributed by atoms with Gasteiger partial charge in [-0.05, 0) is 24.1 Å². The number of nitrogens with zero attached hydrogens (tertiary/aromatic N) is 2. The van der Waals surface area contributed by atoms with Crippen molar-refractivity contribution in [1.29, 1.82) is 0 Å². The Morgan fingerprint density at radius 3 is 2.33 bits per heavy atom. The van der Waals surface area contributed by atoms with Crippen LogP contribution in [0.2, 0.25) is 0 Å². The van der Waals surface area contributed by atoms with Crippen LogP contribution in [0.25, 0.3) is 0 Å². The fourth-order valence-corrected chi connectivity index (χ4v) is 4.80. The van der Waals surface area contributed by atoms with Crippen LogP contribution in [0.15, 0.2) is 60.0 Å². The summed E-state index contributed by atoms with van der Waals surface area (Å²) in [6, 6.07) is 15.0. The number of carboxylic acids is 1. The molecule has 0 radical (unpaired) electrons. The second kappa shape index (κ2) is 14.2. The number of nitrogens with two attached hydrogens (primary N) is 1. The first kappa shape index (κ1) is 31.5. The third kappa shape index (κ3) is 8.33. The van der Waals surface area contributed by atoms with Crippen molar-refractivity contribution in [3.63, 3.8) is 0 Å². The number of aromatic nitrogens is 1. The largest absolute Gasteiger partial charge is 0.479 e. The maximum atomic E-state index is 13.1. The number of carboxylic acid groups (broad SMARTS) is 1. The summed E-state index contributed by atoms with van der Waals surface area (Å²) in [6.07, 6.45) is -10.6. The van der Waals surface area contributed by atoms with Gasteiger partial charge in [-0.25, -0.2) is 14.6 Å². The number of Topliss-reactive ketones (excluding diaryl/α,β-unsaturated/α-hetero) is 1. The number of aliphatic hydroxyl groups excluding tert-OH is 3. The van der Waals surface area contributed by atoms with E-state index in [1.807, 2.05) is 0 Å². The molecule has 15 heteroatoms. The summed E-state index contributed by atoms with van der Waals surface area (Å²) in [5, 5.41) is 44.3. The molecule has 14 nitrogen and oxygen atoms in total. The van der Waals surface area contributed by atoms with Gasteiger partial charge in [-0.15, -0.1) is 11.3 Å². The average Bonchev–Trinajstić information content (AvgIpc) is 3.40. The number of anilines is 2. The molecule has 7 N–H and O–H groups in total. The Labute approximate surface area is 249 Å². The number of carbonyl (C=O) groups is 4. The van der Waals surface area contributed by atoms with Crippen molar-refractivity contribution in [2.45, 2.75) is 43.5 Å². The number of amides is 2. The van der Waals surface area contributed by atoms with E-state index < -0.39 is 55.1 Å². The van der Waals surface area contributed by atoms with Gasteiger partial charge in [-0.2, -0.15) is 0 Å². The first-order valence-corrected chi connectivity index (χ1v) is 13.9. The quantitative estimate of drug-likeness (QED) is 0.164. The van der Waals surface area contributed by atoms with Gasteiger partial charge in [0.25, 0.3) is 0 Å². The smallest absolute Gasteiger partial charge is 0.412 e. The number of ketones is 1. The van der Waals surface area contributed by atoms with Crippen LogP contribution in [0.3, 0.4) is 0 Å². The van der Waals surface area contributed by atoms with E-state index in [4.69, 9.17) is 15.2 Å². The summed E-state index contributed by atoms with van der Waals surface area (Å²) >= 11 is 1.24. The van der Waals surface area contributed by atoms with E-state index in [-0.39, 0.29) is 25.3 Å². The van der Waals surface area contributed by atoms with Crippen LogP contribution < -0.4 is 11.1 Å². The monoisotopic (exact) mass is 614 g/mol. The molecule has 1 fully saturated rings. The Kier molecular flexibility index (Phi) is 10.4. The zero-order chi connectivity index (χ0) is 31.1. The minimum Gasteiger partial charge on any atom is -0.479 e. The lowest BCUT2D eigenvalue weighted by Gasteiger charge is -2.38. The number of rotatable bonds is 11. The van der Waals surface area contributed by atoms with Crippen LogP contribution in [0.5, 0.6) is 0 Å². The third-order valence-corrected chi connectivity index (χ3v) is 7.26. The summed E-state index contributed by atoms with van der Waals surface area (Å²) in [4.78, 5) is 54.9. The third-order valence-electron chi connectivity index (χ3n) is 6.54. The number of benzene rings is 2. The average molecular weight is 615 g/mol. The van der Waals surface area contributed by atoms with E-state index in [2.05, 4.69) is 10.3 Å². The van der Waals surface area contributed by atoms with Crippen LogP contribution in [-0.4, -0.2) is 97.9 Å². The van der Waals surface area contributed by atoms with Gasteiger partial charge in [0.2, 0.25) is 12.2 Å². The number of aliphatic hydroxyl groups is 3. The van der Waals surface area contributed by atoms with Crippen LogP contribution in [-0.2, 0) is 31.9 Å². The second-order valence-corrected chi connectivity index (χ2v) is 10.6. The highest BCUT2D eigenvalue weighted by molar-refractivity contribution is 7.13. The Balaban J connectivity index is 1.41. The molecule has 0 aliphatic carbocycles. The molecule has 0 spiro atoms. The van der Waals surface area contributed by atoms with Crippen LogP contribution in [0.4, 0.5) is 15.6 Å². The molecule has 1 aromatic heterocycles. The lowest BCUT2D eigenvalue weighted by atomic mass is 9.99. The van der Waals surface area contributed by atoms with Crippen molar-refractivity contribution >= 4 is 45.9 Å². The molecule has 1 saturated heterocycles. The van der Waals surface area contributed by atoms with Crippen LogP contribution in [0, 0.1) is 0 Å². The molecule has 0 saturated carbocycles. The molecule has 3 aromatic rings. The maximum Gasteiger partial charge on any atom is 0.412 e. The number of hydrogen-bond acceptors (Lipinski definition) is 12. The summed E-state index contributed by atoms with van der Waals surface area (Å²) in [7, 11) is 0. The van der Waals surface area contributed by atoms with Crippen LogP contribution in [0.1, 0.15) is 21.6 Å². The molecule has 2 amide bonds. The van der Waals surface area contributed by atoms with E-state index in [1.165, 1.54) is 11.3 Å². The Morgan fingerprint density at radius 1 is 1.00 bits per heavy atom. The first-order chi connectivity index (χ1) is 20.5. The fourth-order valence-electron chi connectivity index (χ4n) is 4.24. The highest BCUT2D eigenvalue weighted by atomic mass is 32.1. The SMILES string of the molecule is Nc1nc(CC(=O)Nc2ccc(CCN(CC(=O)c3ccccc3)C(=O)O[C@@H]3O[C@H](C(=O)O)[C@@H](O)[C@H](O)[C@H]3O)cc2)cs1. The Morgan fingerprint density at radius 2 is 1.70 bits per heavy atom. The molecule has 5 atom stereocenters. The molecule has 2 aromatic carbocycles.